The van der Waals surface area contributed by atoms with Crippen LogP contribution >= 0.6 is 45.2 Å². The van der Waals surface area contributed by atoms with Gasteiger partial charge in [0.2, 0.25) is 5.88 Å². The summed E-state index contributed by atoms with van der Waals surface area (Å²) in [6.45, 7) is 0. The molecular weight excluding hydrogens is 842 g/mol. The molecule has 0 saturated carbocycles. The third-order valence-electron chi connectivity index (χ3n) is 5.69. The van der Waals surface area contributed by atoms with E-state index in [0.29, 0.717) is 3.57 Å². The number of H-pyrrole nitrogens is 1. The van der Waals surface area contributed by atoms with Gasteiger partial charge < -0.3 is 5.11 Å². The number of nitrogens with one attached hydrogen (secondary N) is 2. The number of amides is 2. The Morgan fingerprint density at radius 2 is 1.30 bits per heavy atom. The van der Waals surface area contributed by atoms with E-state index >= 15 is 0 Å². The van der Waals surface area contributed by atoms with Gasteiger partial charge in [0.05, 0.1) is 21.2 Å². The van der Waals surface area contributed by atoms with Crippen molar-refractivity contribution in [1.29, 1.82) is 0 Å². The molecule has 14 nitrogen and oxygen atoms in total. The molecule has 5 N–H and O–H groups in total. The molecule has 3 aromatic rings. The Morgan fingerprint density at radius 1 is 0.767 bits per heavy atom. The highest BCUT2D eigenvalue weighted by molar-refractivity contribution is 14.1. The standard InChI is InChI=1S/C25H18I2N4O10S2/c26-18-12-14(42(36,37)38)8-10-20(18)30-24(34)16(22(32)28-30)6-4-2-1-3-5-7-17-23(33)29-31(25(17)35)21-11-9-15(13-19(21)27)43(39,40)41/h1-13,34H,(H,28,32)(H,29,33)(H,36,37,38)(H,39,40,41)/b2-1+,5-3+,6-4+,17-7-/i26+4,27+4. The van der Waals surface area contributed by atoms with E-state index in [1.165, 1.54) is 60.7 Å². The van der Waals surface area contributed by atoms with Crippen molar-refractivity contribution in [2.75, 3.05) is 5.01 Å². The fourth-order valence-electron chi connectivity index (χ4n) is 3.66. The van der Waals surface area contributed by atoms with Crippen molar-refractivity contribution in [2.24, 2.45) is 0 Å². The Kier molecular flexibility index (Phi) is 9.46. The van der Waals surface area contributed by atoms with Crippen LogP contribution in [0.5, 0.6) is 5.88 Å². The van der Waals surface area contributed by atoms with E-state index in [9.17, 15) is 45.4 Å². The number of anilines is 1. The summed E-state index contributed by atoms with van der Waals surface area (Å²) in [5.74, 6) is -1.81. The smallest absolute Gasteiger partial charge is 0.294 e. The van der Waals surface area contributed by atoms with Gasteiger partial charge in [0.15, 0.2) is 0 Å². The van der Waals surface area contributed by atoms with Crippen LogP contribution in [0.3, 0.4) is 0 Å². The van der Waals surface area contributed by atoms with Gasteiger partial charge in [-0.05, 0) is 93.7 Å². The van der Waals surface area contributed by atoms with Crippen molar-refractivity contribution < 1.29 is 40.6 Å². The zero-order valence-electron chi connectivity index (χ0n) is 21.2. The lowest BCUT2D eigenvalue weighted by Gasteiger charge is -2.16. The molecule has 4 rings (SSSR count). The Morgan fingerprint density at radius 3 is 1.86 bits per heavy atom. The van der Waals surface area contributed by atoms with Crippen molar-refractivity contribution in [3.8, 4) is 11.6 Å². The monoisotopic (exact) mass is 860 g/mol. The van der Waals surface area contributed by atoms with E-state index < -0.39 is 43.5 Å². The van der Waals surface area contributed by atoms with Crippen molar-refractivity contribution in [1.82, 2.24) is 15.2 Å². The first-order valence-corrected chi connectivity index (χ1v) is 16.6. The molecule has 0 aliphatic carbocycles. The molecular formula is C25H18I2N4O10S2. The van der Waals surface area contributed by atoms with Gasteiger partial charge in [0, 0.05) is 7.14 Å². The quantitative estimate of drug-likeness (QED) is 0.0734. The van der Waals surface area contributed by atoms with Gasteiger partial charge in [-0.15, -0.1) is 0 Å². The maximum Gasteiger partial charge on any atom is 0.294 e. The summed E-state index contributed by atoms with van der Waals surface area (Å²) in [5.41, 5.74) is 1.96. The number of nitrogens with zero attached hydrogens (tertiary/aromatic N) is 2. The number of carbonyl (C=O) groups excluding carboxylic acids is 2. The number of aromatic amines is 1. The summed E-state index contributed by atoms with van der Waals surface area (Å²) < 4.78 is 65.4. The summed E-state index contributed by atoms with van der Waals surface area (Å²) in [4.78, 5) is 36.8. The second-order valence-electron chi connectivity index (χ2n) is 8.48. The second kappa shape index (κ2) is 12.6. The van der Waals surface area contributed by atoms with Gasteiger partial charge in [0.1, 0.15) is 11.1 Å². The minimum absolute atomic E-state index is 0.0852. The van der Waals surface area contributed by atoms with E-state index in [4.69, 9.17) is 0 Å². The number of aromatic hydroxyl groups is 1. The zero-order chi connectivity index (χ0) is 31.7. The number of hydrogen-bond acceptors (Lipinski definition) is 8. The molecule has 1 aromatic heterocycles. The van der Waals surface area contributed by atoms with Crippen LogP contribution in [0.1, 0.15) is 5.56 Å². The molecule has 2 heterocycles. The van der Waals surface area contributed by atoms with Gasteiger partial charge in [-0.3, -0.25) is 34.0 Å². The van der Waals surface area contributed by atoms with Crippen molar-refractivity contribution in [3.05, 3.63) is 101 Å². The molecule has 1 aliphatic heterocycles. The maximum atomic E-state index is 12.8. The molecule has 0 spiro atoms. The molecule has 1 saturated heterocycles. The molecule has 43 heavy (non-hydrogen) atoms. The average molecular weight is 860 g/mol. The zero-order valence-corrected chi connectivity index (χ0v) is 27.1. The summed E-state index contributed by atoms with van der Waals surface area (Å²) in [5, 5.41) is 13.9. The Labute approximate surface area is 270 Å². The first-order valence-electron chi connectivity index (χ1n) is 11.5. The van der Waals surface area contributed by atoms with E-state index in [0.717, 1.165) is 27.9 Å². The van der Waals surface area contributed by atoms with Crippen LogP contribution in [0.4, 0.5) is 5.69 Å². The molecule has 0 unspecified atom stereocenters. The van der Waals surface area contributed by atoms with E-state index in [1.54, 1.807) is 45.2 Å². The van der Waals surface area contributed by atoms with Gasteiger partial charge in [-0.2, -0.15) is 16.8 Å². The fourth-order valence-corrected chi connectivity index (χ4v) is 6.61. The lowest BCUT2D eigenvalue weighted by atomic mass is 10.2. The van der Waals surface area contributed by atoms with Crippen molar-refractivity contribution in [3.63, 3.8) is 0 Å². The number of aromatic nitrogens is 2. The SMILES string of the molecule is O=C1NN(c2ccc(S(=O)(=O)O)cc2[131I])C(=O)\C1=C/C=C/C=C/C=C/c1c(O)n(-c2ccc(S(=O)(=O)O)cc2[131I])[nH]c1=O. The van der Waals surface area contributed by atoms with E-state index in [-0.39, 0.29) is 35.9 Å². The molecule has 18 heteroatoms. The van der Waals surface area contributed by atoms with Crippen LogP contribution in [0.2, 0.25) is 0 Å². The number of hydrazine groups is 1. The molecule has 1 fully saturated rings. The predicted octanol–water partition coefficient (Wildman–Crippen LogP) is 2.70. The van der Waals surface area contributed by atoms with Crippen molar-refractivity contribution >= 4 is 89.0 Å². The Balaban J connectivity index is 1.45. The molecule has 2 aromatic carbocycles. The van der Waals surface area contributed by atoms with Crippen molar-refractivity contribution in [2.45, 2.75) is 9.79 Å². The van der Waals surface area contributed by atoms with Crippen LogP contribution in [-0.4, -0.2) is 52.6 Å². The van der Waals surface area contributed by atoms with Gasteiger partial charge in [-0.1, -0.05) is 30.4 Å². The number of halogens is 2. The second-order valence-corrected chi connectivity index (χ2v) is 13.6. The van der Waals surface area contributed by atoms with Crippen LogP contribution in [0.25, 0.3) is 11.8 Å². The Bertz CT molecular complexity index is 2060. The minimum atomic E-state index is -4.44. The van der Waals surface area contributed by atoms with Crippen LogP contribution < -0.4 is 16.0 Å². The van der Waals surface area contributed by atoms with Gasteiger partial charge >= 0.3 is 0 Å². The first-order chi connectivity index (χ1) is 20.1. The third kappa shape index (κ3) is 7.15. The molecule has 2 amide bonds. The maximum absolute atomic E-state index is 12.8. The number of hydrogen-bond donors (Lipinski definition) is 5. The predicted molar refractivity (Wildman–Crippen MR) is 171 cm³/mol. The number of benzene rings is 2. The number of carbonyl (C=O) groups is 2. The minimum Gasteiger partial charge on any atom is -0.493 e. The lowest BCUT2D eigenvalue weighted by molar-refractivity contribution is -0.117. The summed E-state index contributed by atoms with van der Waals surface area (Å²) in [6.07, 6.45) is 10.0. The van der Waals surface area contributed by atoms with Gasteiger partial charge in [-0.25, -0.2) is 9.69 Å². The first kappa shape index (κ1) is 32.3. The van der Waals surface area contributed by atoms with Gasteiger partial charge in [0.25, 0.3) is 37.6 Å². The molecule has 1 aliphatic rings. The van der Waals surface area contributed by atoms with Crippen LogP contribution in [-0.2, 0) is 29.8 Å². The number of allylic oxidation sites excluding steroid dienone is 6. The summed E-state index contributed by atoms with van der Waals surface area (Å²) >= 11 is 3.56. The van der Waals surface area contributed by atoms with E-state index in [2.05, 4.69) is 10.5 Å². The molecule has 0 atom stereocenters. The normalized spacial score (nSPS) is 15.5. The third-order valence-corrected chi connectivity index (χ3v) is 9.12. The van der Waals surface area contributed by atoms with Crippen LogP contribution in [0, 0.1) is 7.14 Å². The summed E-state index contributed by atoms with van der Waals surface area (Å²) in [6, 6.07) is 7.12. The highest BCUT2D eigenvalue weighted by Gasteiger charge is 2.35. The largest absolute Gasteiger partial charge is 0.493 e. The number of rotatable bonds is 8. The topological polar surface area (TPSA) is 216 Å². The molecule has 0 bridgehead atoms. The highest BCUT2D eigenvalue weighted by Crippen LogP contribution is 2.28. The Hall–Kier alpha value is -3.57. The molecule has 224 valence electrons. The average Bonchev–Trinajstić information content (AvgIpc) is 3.35. The van der Waals surface area contributed by atoms with E-state index in [1.807, 2.05) is 0 Å². The lowest BCUT2D eigenvalue weighted by Crippen LogP contribution is -2.36. The highest BCUT2D eigenvalue weighted by atomic mass is 131. The summed E-state index contributed by atoms with van der Waals surface area (Å²) in [7, 11) is -8.87. The van der Waals surface area contributed by atoms with Crippen LogP contribution in [0.15, 0.2) is 93.0 Å². The molecule has 0 radical (unpaired) electrons. The fraction of sp³-hybridized carbons (Fsp3) is 0.